The van der Waals surface area contributed by atoms with Crippen LogP contribution in [0.2, 0.25) is 0 Å². The third-order valence-electron chi connectivity index (χ3n) is 2.36. The molecule has 12 heavy (non-hydrogen) atoms. The van der Waals surface area contributed by atoms with Crippen LogP contribution in [0, 0.1) is 0 Å². The number of aliphatic hydroxyl groups excluding tert-OH is 1. The lowest BCUT2D eigenvalue weighted by atomic mass is 10.2. The van der Waals surface area contributed by atoms with Crippen molar-refractivity contribution >= 4 is 11.6 Å². The van der Waals surface area contributed by atoms with Crippen molar-refractivity contribution < 1.29 is 9.59 Å². The van der Waals surface area contributed by atoms with E-state index in [-0.39, 0.29) is 6.10 Å². The van der Waals surface area contributed by atoms with Crippen molar-refractivity contribution in [1.29, 1.82) is 0 Å². The molecular formula is C9H21ClNO+. The number of nitrogens with zero attached hydrogens (tertiary/aromatic N) is 1. The maximum atomic E-state index is 9.40. The Morgan fingerprint density at radius 3 is 2.33 bits per heavy atom. The molecule has 74 valence electrons. The Balaban J connectivity index is 3.94. The quantitative estimate of drug-likeness (QED) is 0.502. The lowest BCUT2D eigenvalue weighted by Gasteiger charge is -2.34. The number of rotatable bonds is 6. The zero-order valence-corrected chi connectivity index (χ0v) is 9.14. The molecule has 0 aromatic rings. The second kappa shape index (κ2) is 5.79. The van der Waals surface area contributed by atoms with Gasteiger partial charge in [0.05, 0.1) is 26.0 Å². The van der Waals surface area contributed by atoms with Crippen LogP contribution in [0.15, 0.2) is 0 Å². The van der Waals surface area contributed by atoms with Gasteiger partial charge in [-0.2, -0.15) is 0 Å². The van der Waals surface area contributed by atoms with Gasteiger partial charge in [-0.05, 0) is 13.3 Å². The Kier molecular flexibility index (Phi) is 5.89. The highest BCUT2D eigenvalue weighted by atomic mass is 35.5. The summed E-state index contributed by atoms with van der Waals surface area (Å²) < 4.78 is 0.921. The van der Waals surface area contributed by atoms with Gasteiger partial charge in [-0.3, -0.25) is 0 Å². The average Bonchev–Trinajstić information content (AvgIpc) is 2.05. The molecular weight excluding hydrogens is 174 g/mol. The molecule has 0 saturated heterocycles. The fourth-order valence-electron chi connectivity index (χ4n) is 1.48. The van der Waals surface area contributed by atoms with Crippen LogP contribution in [0.4, 0.5) is 0 Å². The Labute approximate surface area is 80.7 Å². The molecule has 2 nitrogen and oxygen atoms in total. The van der Waals surface area contributed by atoms with Crippen molar-refractivity contribution in [3.63, 3.8) is 0 Å². The molecule has 0 aliphatic carbocycles. The van der Waals surface area contributed by atoms with Crippen molar-refractivity contribution in [3.8, 4) is 0 Å². The van der Waals surface area contributed by atoms with E-state index in [4.69, 9.17) is 11.6 Å². The van der Waals surface area contributed by atoms with Crippen molar-refractivity contribution in [2.45, 2.75) is 26.4 Å². The molecule has 0 saturated carbocycles. The van der Waals surface area contributed by atoms with E-state index in [1.54, 1.807) is 0 Å². The van der Waals surface area contributed by atoms with E-state index in [2.05, 4.69) is 20.9 Å². The number of quaternary nitrogens is 1. The van der Waals surface area contributed by atoms with Crippen molar-refractivity contribution in [2.75, 3.05) is 32.6 Å². The molecule has 0 rings (SSSR count). The largest absolute Gasteiger partial charge is 0.386 e. The van der Waals surface area contributed by atoms with Crippen LogP contribution < -0.4 is 0 Å². The van der Waals surface area contributed by atoms with Crippen LogP contribution in [0.1, 0.15) is 20.3 Å². The number of likely N-dealkylation sites (N-methyl/N-ethyl adjacent to an activating group) is 1. The van der Waals surface area contributed by atoms with Gasteiger partial charge in [0.2, 0.25) is 0 Å². The van der Waals surface area contributed by atoms with Crippen LogP contribution in [0.3, 0.4) is 0 Å². The van der Waals surface area contributed by atoms with Crippen LogP contribution in [0.5, 0.6) is 0 Å². The molecule has 0 radical (unpaired) electrons. The molecule has 3 heteroatoms. The minimum absolute atomic E-state index is 0.345. The number of halogens is 1. The maximum Gasteiger partial charge on any atom is 0.116 e. The highest BCUT2D eigenvalue weighted by molar-refractivity contribution is 6.18. The molecule has 0 aromatic heterocycles. The summed E-state index contributed by atoms with van der Waals surface area (Å²) in [6, 6.07) is 0. The topological polar surface area (TPSA) is 20.2 Å². The van der Waals surface area contributed by atoms with Gasteiger partial charge in [0.1, 0.15) is 12.6 Å². The zero-order valence-electron chi connectivity index (χ0n) is 8.39. The van der Waals surface area contributed by atoms with E-state index < -0.39 is 0 Å². The Morgan fingerprint density at radius 1 is 1.42 bits per heavy atom. The van der Waals surface area contributed by atoms with Crippen molar-refractivity contribution in [2.24, 2.45) is 0 Å². The van der Waals surface area contributed by atoms with E-state index in [1.165, 1.54) is 0 Å². The van der Waals surface area contributed by atoms with Crippen molar-refractivity contribution in [1.82, 2.24) is 0 Å². The maximum absolute atomic E-state index is 9.40. The molecule has 1 N–H and O–H groups in total. The SMILES string of the molecule is CCC[N+](C)(CC)CC(O)CCl. The number of aliphatic hydroxyl groups is 1. The summed E-state index contributed by atoms with van der Waals surface area (Å²) in [7, 11) is 2.17. The van der Waals surface area contributed by atoms with Crippen LogP contribution in [-0.4, -0.2) is 48.3 Å². The van der Waals surface area contributed by atoms with Crippen LogP contribution in [0.25, 0.3) is 0 Å². The standard InChI is InChI=1S/C9H21ClNO/c1-4-6-11(3,5-2)8-9(12)7-10/h9,12H,4-8H2,1-3H3/q+1. The number of alkyl halides is 1. The van der Waals surface area contributed by atoms with E-state index in [0.717, 1.165) is 30.5 Å². The lowest BCUT2D eigenvalue weighted by molar-refractivity contribution is -0.910. The van der Waals surface area contributed by atoms with Crippen LogP contribution >= 0.6 is 11.6 Å². The predicted molar refractivity (Wildman–Crippen MR) is 53.5 cm³/mol. The molecule has 2 atom stereocenters. The third kappa shape index (κ3) is 4.29. The predicted octanol–water partition coefficient (Wildman–Crippen LogP) is 1.46. The lowest BCUT2D eigenvalue weighted by Crippen LogP contribution is -2.49. The first-order valence-electron chi connectivity index (χ1n) is 4.65. The van der Waals surface area contributed by atoms with Gasteiger partial charge in [0.25, 0.3) is 0 Å². The molecule has 0 aliphatic rings. The fourth-order valence-corrected chi connectivity index (χ4v) is 1.57. The molecule has 0 amide bonds. The minimum atomic E-state index is -0.358. The molecule has 0 spiro atoms. The summed E-state index contributed by atoms with van der Waals surface area (Å²) in [5, 5.41) is 9.40. The average molecular weight is 195 g/mol. The van der Waals surface area contributed by atoms with E-state index in [1.807, 2.05) is 0 Å². The summed E-state index contributed by atoms with van der Waals surface area (Å²) in [5.41, 5.74) is 0. The summed E-state index contributed by atoms with van der Waals surface area (Å²) in [4.78, 5) is 0. The van der Waals surface area contributed by atoms with Gasteiger partial charge >= 0.3 is 0 Å². The summed E-state index contributed by atoms with van der Waals surface area (Å²) in [6.45, 7) is 7.26. The van der Waals surface area contributed by atoms with Gasteiger partial charge in [0.15, 0.2) is 0 Å². The Morgan fingerprint density at radius 2 is 2.00 bits per heavy atom. The van der Waals surface area contributed by atoms with Gasteiger partial charge in [-0.25, -0.2) is 0 Å². The molecule has 0 bridgehead atoms. The molecule has 0 fully saturated rings. The van der Waals surface area contributed by atoms with E-state index in [0.29, 0.717) is 5.88 Å². The monoisotopic (exact) mass is 194 g/mol. The smallest absolute Gasteiger partial charge is 0.116 e. The molecule has 0 heterocycles. The first-order chi connectivity index (χ1) is 5.58. The normalized spacial score (nSPS) is 18.8. The summed E-state index contributed by atoms with van der Waals surface area (Å²) in [5.74, 6) is 0.345. The first-order valence-corrected chi connectivity index (χ1v) is 5.19. The summed E-state index contributed by atoms with van der Waals surface area (Å²) >= 11 is 5.56. The second-order valence-electron chi connectivity index (χ2n) is 3.65. The fraction of sp³-hybridized carbons (Fsp3) is 1.00. The second-order valence-corrected chi connectivity index (χ2v) is 3.96. The zero-order chi connectivity index (χ0) is 9.61. The van der Waals surface area contributed by atoms with Crippen LogP contribution in [-0.2, 0) is 0 Å². The molecule has 0 aliphatic heterocycles. The highest BCUT2D eigenvalue weighted by Gasteiger charge is 2.21. The Bertz CT molecular complexity index is 121. The highest BCUT2D eigenvalue weighted by Crippen LogP contribution is 2.06. The van der Waals surface area contributed by atoms with Gasteiger partial charge in [-0.1, -0.05) is 6.92 Å². The first kappa shape index (κ1) is 12.2. The molecule has 0 aromatic carbocycles. The van der Waals surface area contributed by atoms with Gasteiger partial charge in [0, 0.05) is 0 Å². The minimum Gasteiger partial charge on any atom is -0.386 e. The molecule has 2 unspecified atom stereocenters. The van der Waals surface area contributed by atoms with E-state index >= 15 is 0 Å². The van der Waals surface area contributed by atoms with Gasteiger partial charge in [-0.15, -0.1) is 11.6 Å². The Hall–Kier alpha value is 0.210. The third-order valence-corrected chi connectivity index (χ3v) is 2.71. The van der Waals surface area contributed by atoms with E-state index in [9.17, 15) is 5.11 Å². The number of hydrogen-bond acceptors (Lipinski definition) is 1. The van der Waals surface area contributed by atoms with Gasteiger partial charge < -0.3 is 9.59 Å². The van der Waals surface area contributed by atoms with Crippen molar-refractivity contribution in [3.05, 3.63) is 0 Å². The number of hydrogen-bond donors (Lipinski definition) is 1. The summed E-state index contributed by atoms with van der Waals surface area (Å²) in [6.07, 6.45) is 0.794.